The van der Waals surface area contributed by atoms with Crippen LogP contribution >= 0.6 is 0 Å². The second kappa shape index (κ2) is 2.98. The van der Waals surface area contributed by atoms with Crippen molar-refractivity contribution in [3.8, 4) is 11.5 Å². The number of nitrogens with zero attached hydrogens (tertiary/aromatic N) is 1. The number of aliphatic hydroxyl groups is 1. The molecule has 0 unspecified atom stereocenters. The molecule has 64 valence electrons. The van der Waals surface area contributed by atoms with Gasteiger partial charge >= 0.3 is 0 Å². The van der Waals surface area contributed by atoms with Gasteiger partial charge in [-0.2, -0.15) is 0 Å². The Morgan fingerprint density at radius 3 is 3.00 bits per heavy atom. The van der Waals surface area contributed by atoms with Gasteiger partial charge < -0.3 is 14.6 Å². The standard InChI is InChI=1S/C8H9NO3/c10-5-6-3-7-8(4-9-6)12-2-1-11-7/h3-4,10H,1-2,5H2/i1D2,2D2. The van der Waals surface area contributed by atoms with E-state index in [4.69, 9.17) is 20.1 Å². The monoisotopic (exact) mass is 171 g/mol. The average Bonchev–Trinajstić information content (AvgIpc) is 2.18. The molecule has 0 amide bonds. The molecule has 2 heterocycles. The summed E-state index contributed by atoms with van der Waals surface area (Å²) in [6.45, 7) is -5.48. The molecule has 4 nitrogen and oxygen atoms in total. The maximum absolute atomic E-state index is 8.85. The van der Waals surface area contributed by atoms with E-state index in [0.29, 0.717) is 5.69 Å². The van der Waals surface area contributed by atoms with Crippen molar-refractivity contribution in [2.75, 3.05) is 13.1 Å². The molecular formula is C8H9NO3. The first-order valence-electron chi connectivity index (χ1n) is 5.33. The van der Waals surface area contributed by atoms with Crippen LogP contribution in [0.15, 0.2) is 12.3 Å². The van der Waals surface area contributed by atoms with Gasteiger partial charge in [0.15, 0.2) is 11.5 Å². The Morgan fingerprint density at radius 2 is 2.25 bits per heavy atom. The minimum absolute atomic E-state index is 0.0114. The number of pyridine rings is 1. The highest BCUT2D eigenvalue weighted by atomic mass is 16.6. The molecule has 0 bridgehead atoms. The van der Waals surface area contributed by atoms with Crippen molar-refractivity contribution in [2.24, 2.45) is 0 Å². The molecule has 1 aliphatic rings. The van der Waals surface area contributed by atoms with E-state index in [1.807, 2.05) is 0 Å². The maximum atomic E-state index is 8.85. The molecule has 0 radical (unpaired) electrons. The van der Waals surface area contributed by atoms with Crippen molar-refractivity contribution < 1.29 is 20.1 Å². The van der Waals surface area contributed by atoms with E-state index in [9.17, 15) is 0 Å². The second-order valence-electron chi connectivity index (χ2n) is 2.19. The molecule has 0 spiro atoms. The first-order valence-corrected chi connectivity index (χ1v) is 3.33. The van der Waals surface area contributed by atoms with Crippen LogP contribution in [-0.4, -0.2) is 23.2 Å². The SMILES string of the molecule is [2H]C1([2H])Oc2cnc(CO)cc2OC1([2H])[2H]. The Balaban J connectivity index is 2.43. The van der Waals surface area contributed by atoms with Gasteiger partial charge in [-0.15, -0.1) is 0 Å². The number of aliphatic hydroxyl groups excluding tert-OH is 1. The number of hydrogen-bond acceptors (Lipinski definition) is 4. The third kappa shape index (κ3) is 1.21. The lowest BCUT2D eigenvalue weighted by Gasteiger charge is -2.17. The van der Waals surface area contributed by atoms with Crippen LogP contribution in [0, 0.1) is 0 Å². The maximum Gasteiger partial charge on any atom is 0.179 e. The topological polar surface area (TPSA) is 51.6 Å². The fraction of sp³-hybridized carbons (Fsp3) is 0.375. The summed E-state index contributed by atoms with van der Waals surface area (Å²) in [5, 5.41) is 8.85. The van der Waals surface area contributed by atoms with E-state index < -0.39 is 13.1 Å². The zero-order valence-corrected chi connectivity index (χ0v) is 6.07. The van der Waals surface area contributed by atoms with Crippen LogP contribution in [0.4, 0.5) is 0 Å². The molecule has 0 saturated carbocycles. The van der Waals surface area contributed by atoms with Crippen molar-refractivity contribution in [1.82, 2.24) is 4.98 Å². The molecule has 1 aromatic heterocycles. The molecule has 0 saturated heterocycles. The van der Waals surface area contributed by atoms with Gasteiger partial charge in [-0.3, -0.25) is 4.98 Å². The third-order valence-corrected chi connectivity index (χ3v) is 1.41. The molecule has 0 aliphatic carbocycles. The molecular weight excluding hydrogens is 158 g/mol. The van der Waals surface area contributed by atoms with Crippen LogP contribution < -0.4 is 9.47 Å². The molecule has 1 aromatic rings. The number of ether oxygens (including phenoxy) is 2. The molecule has 0 atom stereocenters. The Labute approximate surface area is 75.4 Å². The lowest BCUT2D eigenvalue weighted by atomic mass is 10.3. The highest BCUT2D eigenvalue weighted by molar-refractivity contribution is 5.39. The smallest absolute Gasteiger partial charge is 0.179 e. The summed E-state index contributed by atoms with van der Waals surface area (Å²) in [6, 6.07) is 1.31. The van der Waals surface area contributed by atoms with Crippen LogP contribution in [-0.2, 0) is 6.61 Å². The van der Waals surface area contributed by atoms with Gasteiger partial charge in [0.05, 0.1) is 24.0 Å². The normalized spacial score (nSPS) is 27.8. The quantitative estimate of drug-likeness (QED) is 0.662. The van der Waals surface area contributed by atoms with Gasteiger partial charge in [-0.25, -0.2) is 0 Å². The predicted octanol–water partition coefficient (Wildman–Crippen LogP) is 0.345. The largest absolute Gasteiger partial charge is 0.486 e. The fourth-order valence-corrected chi connectivity index (χ4v) is 0.859. The van der Waals surface area contributed by atoms with E-state index in [0.717, 1.165) is 0 Å². The van der Waals surface area contributed by atoms with Crippen molar-refractivity contribution in [2.45, 2.75) is 6.61 Å². The minimum Gasteiger partial charge on any atom is -0.486 e. The molecule has 1 N–H and O–H groups in total. The minimum atomic E-state index is -2.59. The van der Waals surface area contributed by atoms with Crippen LogP contribution in [0.5, 0.6) is 11.5 Å². The van der Waals surface area contributed by atoms with Crippen molar-refractivity contribution in [1.29, 1.82) is 0 Å². The Hall–Kier alpha value is -1.29. The van der Waals surface area contributed by atoms with E-state index in [1.54, 1.807) is 0 Å². The van der Waals surface area contributed by atoms with E-state index in [2.05, 4.69) is 4.98 Å². The lowest BCUT2D eigenvalue weighted by molar-refractivity contribution is 0.169. The van der Waals surface area contributed by atoms with Crippen molar-refractivity contribution >= 4 is 0 Å². The zero-order valence-electron chi connectivity index (χ0n) is 10.1. The number of fused-ring (bicyclic) bond motifs is 1. The van der Waals surface area contributed by atoms with Gasteiger partial charge in [0.2, 0.25) is 0 Å². The van der Waals surface area contributed by atoms with Crippen LogP contribution in [0.2, 0.25) is 0 Å². The summed E-state index contributed by atoms with van der Waals surface area (Å²) in [5.74, 6) is 0.0384. The molecule has 0 aromatic carbocycles. The van der Waals surface area contributed by atoms with E-state index in [-0.39, 0.29) is 18.1 Å². The fourth-order valence-electron chi connectivity index (χ4n) is 0.859. The zero-order chi connectivity index (χ0) is 12.0. The second-order valence-corrected chi connectivity index (χ2v) is 2.19. The number of rotatable bonds is 1. The molecule has 4 heteroatoms. The number of aromatic nitrogens is 1. The first kappa shape index (κ1) is 4.09. The summed E-state index contributed by atoms with van der Waals surface area (Å²) >= 11 is 0. The van der Waals surface area contributed by atoms with E-state index in [1.165, 1.54) is 12.3 Å². The summed E-state index contributed by atoms with van der Waals surface area (Å²) < 4.78 is 39.0. The first-order chi connectivity index (χ1) is 7.36. The van der Waals surface area contributed by atoms with Gasteiger partial charge in [0.1, 0.15) is 13.1 Å². The summed E-state index contributed by atoms with van der Waals surface area (Å²) in [7, 11) is 0. The van der Waals surface area contributed by atoms with Crippen LogP contribution in [0.3, 0.4) is 0 Å². The molecule has 12 heavy (non-hydrogen) atoms. The van der Waals surface area contributed by atoms with Crippen molar-refractivity contribution in [3.63, 3.8) is 0 Å². The van der Waals surface area contributed by atoms with E-state index >= 15 is 0 Å². The highest BCUT2D eigenvalue weighted by Crippen LogP contribution is 2.29. The third-order valence-electron chi connectivity index (χ3n) is 1.41. The summed E-state index contributed by atoms with van der Waals surface area (Å²) in [4.78, 5) is 3.78. The van der Waals surface area contributed by atoms with Gasteiger partial charge in [0.25, 0.3) is 0 Å². The predicted molar refractivity (Wildman–Crippen MR) is 41.1 cm³/mol. The van der Waals surface area contributed by atoms with Gasteiger partial charge in [-0.05, 0) is 0 Å². The Kier molecular flexibility index (Phi) is 1.02. The van der Waals surface area contributed by atoms with Crippen LogP contribution in [0.1, 0.15) is 11.2 Å². The highest BCUT2D eigenvalue weighted by Gasteiger charge is 2.11. The summed E-state index contributed by atoms with van der Waals surface area (Å²) in [5.41, 5.74) is 0.292. The van der Waals surface area contributed by atoms with Gasteiger partial charge in [0, 0.05) is 6.07 Å². The Bertz CT molecular complexity index is 424. The molecule has 1 aliphatic heterocycles. The average molecular weight is 171 g/mol. The lowest BCUT2D eigenvalue weighted by Crippen LogP contribution is -2.15. The Morgan fingerprint density at radius 1 is 1.50 bits per heavy atom. The number of hydrogen-bond donors (Lipinski definition) is 1. The molecule has 0 fully saturated rings. The van der Waals surface area contributed by atoms with Crippen molar-refractivity contribution in [3.05, 3.63) is 18.0 Å². The summed E-state index contributed by atoms with van der Waals surface area (Å²) in [6.07, 6.45) is 1.19. The van der Waals surface area contributed by atoms with Crippen LogP contribution in [0.25, 0.3) is 0 Å². The molecule has 2 rings (SSSR count). The van der Waals surface area contributed by atoms with Gasteiger partial charge in [-0.1, -0.05) is 0 Å².